The lowest BCUT2D eigenvalue weighted by molar-refractivity contribution is 0.174. The second-order valence-corrected chi connectivity index (χ2v) is 6.18. The summed E-state index contributed by atoms with van der Waals surface area (Å²) in [7, 11) is 1.71. The van der Waals surface area contributed by atoms with E-state index in [1.807, 2.05) is 6.07 Å². The number of hydrogen-bond donors (Lipinski definition) is 1. The summed E-state index contributed by atoms with van der Waals surface area (Å²) in [5.41, 5.74) is 5.33. The first-order valence-corrected chi connectivity index (χ1v) is 7.67. The highest BCUT2D eigenvalue weighted by Crippen LogP contribution is 2.51. The van der Waals surface area contributed by atoms with Crippen LogP contribution in [0.5, 0.6) is 17.2 Å². The fraction of sp³-hybridized carbons (Fsp3) is 0.333. The molecule has 0 radical (unpaired) electrons. The summed E-state index contributed by atoms with van der Waals surface area (Å²) in [6, 6.07) is 10.7. The van der Waals surface area contributed by atoms with E-state index in [0.29, 0.717) is 18.6 Å². The number of anilines is 1. The fourth-order valence-corrected chi connectivity index (χ4v) is 4.06. The standard InChI is InChI=1S/C18H17NO3/c1-20-12-2-3-13-15(6-12)19-8-11-4-10-5-16-17(22-9-21-16)7-14(10)18(11)13/h2-3,5-7,11,18-19H,4,8-9H2,1H3/t11-,18-/m0/s1. The number of fused-ring (bicyclic) bond motifs is 6. The van der Waals surface area contributed by atoms with E-state index < -0.39 is 0 Å². The number of rotatable bonds is 1. The number of ether oxygens (including phenoxy) is 3. The van der Waals surface area contributed by atoms with E-state index >= 15 is 0 Å². The van der Waals surface area contributed by atoms with E-state index in [0.717, 1.165) is 30.2 Å². The zero-order valence-electron chi connectivity index (χ0n) is 12.4. The molecule has 2 atom stereocenters. The van der Waals surface area contributed by atoms with Gasteiger partial charge in [-0.3, -0.25) is 0 Å². The molecule has 2 heterocycles. The first-order chi connectivity index (χ1) is 10.8. The molecule has 22 heavy (non-hydrogen) atoms. The van der Waals surface area contributed by atoms with E-state index in [1.165, 1.54) is 22.4 Å². The highest BCUT2D eigenvalue weighted by atomic mass is 16.7. The van der Waals surface area contributed by atoms with Crippen LogP contribution in [0.3, 0.4) is 0 Å². The summed E-state index contributed by atoms with van der Waals surface area (Å²) in [4.78, 5) is 0. The Morgan fingerprint density at radius 2 is 1.95 bits per heavy atom. The quantitative estimate of drug-likeness (QED) is 0.877. The van der Waals surface area contributed by atoms with Crippen molar-refractivity contribution in [2.75, 3.05) is 25.8 Å². The van der Waals surface area contributed by atoms with Gasteiger partial charge in [-0.25, -0.2) is 0 Å². The minimum Gasteiger partial charge on any atom is -0.497 e. The van der Waals surface area contributed by atoms with Gasteiger partial charge in [0.15, 0.2) is 11.5 Å². The van der Waals surface area contributed by atoms with Crippen molar-refractivity contribution in [2.24, 2.45) is 5.92 Å². The third-order valence-electron chi connectivity index (χ3n) is 5.07. The molecule has 5 rings (SSSR count). The Bertz CT molecular complexity index is 771. The average molecular weight is 295 g/mol. The second kappa shape index (κ2) is 4.32. The van der Waals surface area contributed by atoms with Crippen molar-refractivity contribution in [3.05, 3.63) is 47.0 Å². The zero-order valence-corrected chi connectivity index (χ0v) is 12.4. The summed E-state index contributed by atoms with van der Waals surface area (Å²) < 4.78 is 16.4. The second-order valence-electron chi connectivity index (χ2n) is 6.18. The molecule has 0 amide bonds. The van der Waals surface area contributed by atoms with Gasteiger partial charge >= 0.3 is 0 Å². The Balaban J connectivity index is 1.65. The molecule has 0 saturated carbocycles. The average Bonchev–Trinajstić information content (AvgIpc) is 3.15. The normalized spacial score (nSPS) is 23.3. The molecule has 1 N–H and O–H groups in total. The molecule has 0 unspecified atom stereocenters. The van der Waals surface area contributed by atoms with E-state index in [-0.39, 0.29) is 0 Å². The summed E-state index contributed by atoms with van der Waals surface area (Å²) >= 11 is 0. The summed E-state index contributed by atoms with van der Waals surface area (Å²) in [6.07, 6.45) is 1.09. The van der Waals surface area contributed by atoms with E-state index in [9.17, 15) is 0 Å². The molecule has 4 nitrogen and oxygen atoms in total. The largest absolute Gasteiger partial charge is 0.497 e. The molecular formula is C18H17NO3. The van der Waals surface area contributed by atoms with Crippen molar-refractivity contribution >= 4 is 5.69 Å². The van der Waals surface area contributed by atoms with Gasteiger partial charge in [0.05, 0.1) is 7.11 Å². The monoisotopic (exact) mass is 295 g/mol. The Hall–Kier alpha value is -2.36. The van der Waals surface area contributed by atoms with Crippen LogP contribution in [0.25, 0.3) is 0 Å². The molecule has 112 valence electrons. The Kier molecular flexibility index (Phi) is 2.40. The van der Waals surface area contributed by atoms with Gasteiger partial charge in [-0.15, -0.1) is 0 Å². The van der Waals surface area contributed by atoms with Crippen LogP contribution >= 0.6 is 0 Å². The van der Waals surface area contributed by atoms with Gasteiger partial charge < -0.3 is 19.5 Å². The first kappa shape index (κ1) is 12.2. The van der Waals surface area contributed by atoms with Crippen LogP contribution in [0.1, 0.15) is 22.6 Å². The number of nitrogens with one attached hydrogen (secondary N) is 1. The molecule has 0 saturated heterocycles. The van der Waals surface area contributed by atoms with Crippen LogP contribution in [0.2, 0.25) is 0 Å². The van der Waals surface area contributed by atoms with Gasteiger partial charge in [-0.1, -0.05) is 6.07 Å². The highest BCUT2D eigenvalue weighted by molar-refractivity contribution is 5.64. The maximum absolute atomic E-state index is 5.57. The molecule has 0 bridgehead atoms. The Labute approximate surface area is 129 Å². The lowest BCUT2D eigenvalue weighted by Gasteiger charge is -2.30. The number of methoxy groups -OCH3 is 1. The fourth-order valence-electron chi connectivity index (χ4n) is 4.06. The lowest BCUT2D eigenvalue weighted by Crippen LogP contribution is -2.25. The summed E-state index contributed by atoms with van der Waals surface area (Å²) in [5, 5.41) is 3.56. The van der Waals surface area contributed by atoms with Crippen LogP contribution in [-0.2, 0) is 6.42 Å². The maximum Gasteiger partial charge on any atom is 0.231 e. The van der Waals surface area contributed by atoms with Gasteiger partial charge in [0, 0.05) is 24.2 Å². The van der Waals surface area contributed by atoms with Crippen molar-refractivity contribution < 1.29 is 14.2 Å². The molecule has 3 aliphatic rings. The molecule has 2 aromatic rings. The van der Waals surface area contributed by atoms with Gasteiger partial charge in [-0.2, -0.15) is 0 Å². The SMILES string of the molecule is COc1ccc2c(c1)NC[C@@H]1Cc3cc4c(cc3[C@H]21)OCO4. The predicted molar refractivity (Wildman–Crippen MR) is 83.1 cm³/mol. The van der Waals surface area contributed by atoms with Gasteiger partial charge in [-0.05, 0) is 47.2 Å². The first-order valence-electron chi connectivity index (χ1n) is 7.67. The lowest BCUT2D eigenvalue weighted by atomic mass is 9.82. The van der Waals surface area contributed by atoms with Crippen molar-refractivity contribution in [2.45, 2.75) is 12.3 Å². The van der Waals surface area contributed by atoms with Crippen LogP contribution in [-0.4, -0.2) is 20.4 Å². The molecule has 1 aliphatic carbocycles. The molecule has 2 aromatic carbocycles. The van der Waals surface area contributed by atoms with Crippen LogP contribution < -0.4 is 19.5 Å². The third kappa shape index (κ3) is 1.58. The maximum atomic E-state index is 5.57. The zero-order chi connectivity index (χ0) is 14.7. The smallest absolute Gasteiger partial charge is 0.231 e. The Morgan fingerprint density at radius 1 is 1.09 bits per heavy atom. The van der Waals surface area contributed by atoms with E-state index in [1.54, 1.807) is 7.11 Å². The minimum absolute atomic E-state index is 0.335. The van der Waals surface area contributed by atoms with Crippen molar-refractivity contribution in [3.63, 3.8) is 0 Å². The number of hydrogen-bond acceptors (Lipinski definition) is 4. The van der Waals surface area contributed by atoms with Crippen molar-refractivity contribution in [3.8, 4) is 17.2 Å². The van der Waals surface area contributed by atoms with Crippen molar-refractivity contribution in [1.82, 2.24) is 0 Å². The van der Waals surface area contributed by atoms with Crippen LogP contribution in [0, 0.1) is 5.92 Å². The molecule has 0 spiro atoms. The van der Waals surface area contributed by atoms with Crippen LogP contribution in [0.15, 0.2) is 30.3 Å². The third-order valence-corrected chi connectivity index (χ3v) is 5.07. The molecule has 0 fully saturated rings. The predicted octanol–water partition coefficient (Wildman–Crippen LogP) is 3.15. The molecule has 4 heteroatoms. The molecule has 2 aliphatic heterocycles. The molecular weight excluding hydrogens is 278 g/mol. The van der Waals surface area contributed by atoms with E-state index in [4.69, 9.17) is 14.2 Å². The Morgan fingerprint density at radius 3 is 2.82 bits per heavy atom. The van der Waals surface area contributed by atoms with E-state index in [2.05, 4.69) is 29.6 Å². The van der Waals surface area contributed by atoms with Gasteiger partial charge in [0.2, 0.25) is 6.79 Å². The highest BCUT2D eigenvalue weighted by Gasteiger charge is 2.39. The van der Waals surface area contributed by atoms with Gasteiger partial charge in [0.1, 0.15) is 5.75 Å². The van der Waals surface area contributed by atoms with Crippen LogP contribution in [0.4, 0.5) is 5.69 Å². The van der Waals surface area contributed by atoms with Crippen molar-refractivity contribution in [1.29, 1.82) is 0 Å². The molecule has 0 aromatic heterocycles. The topological polar surface area (TPSA) is 39.7 Å². The number of benzene rings is 2. The minimum atomic E-state index is 0.335. The summed E-state index contributed by atoms with van der Waals surface area (Å²) in [5.74, 6) is 3.70. The van der Waals surface area contributed by atoms with Gasteiger partial charge in [0.25, 0.3) is 0 Å². The summed E-state index contributed by atoms with van der Waals surface area (Å²) in [6.45, 7) is 1.33.